The second kappa shape index (κ2) is 5.07. The van der Waals surface area contributed by atoms with E-state index in [1.165, 1.54) is 0 Å². The van der Waals surface area contributed by atoms with Gasteiger partial charge in [-0.25, -0.2) is 0 Å². The number of nitrogens with one attached hydrogen (secondary N) is 2. The lowest BCUT2D eigenvalue weighted by Crippen LogP contribution is -2.52. The highest BCUT2D eigenvalue weighted by Crippen LogP contribution is 2.22. The summed E-state index contributed by atoms with van der Waals surface area (Å²) in [5, 5.41) is 6.96. The number of ether oxygens (including phenoxy) is 2. The summed E-state index contributed by atoms with van der Waals surface area (Å²) in [5.74, 6) is 0. The molecule has 4 nitrogen and oxygen atoms in total. The van der Waals surface area contributed by atoms with Crippen molar-refractivity contribution in [2.45, 2.75) is 31.0 Å². The Labute approximate surface area is 85.3 Å². The lowest BCUT2D eigenvalue weighted by atomic mass is 9.89. The first-order chi connectivity index (χ1) is 6.88. The van der Waals surface area contributed by atoms with E-state index < -0.39 is 0 Å². The molecule has 1 aliphatic carbocycles. The van der Waals surface area contributed by atoms with Gasteiger partial charge in [0.1, 0.15) is 0 Å². The van der Waals surface area contributed by atoms with Crippen molar-refractivity contribution in [1.29, 1.82) is 0 Å². The first-order valence-corrected chi connectivity index (χ1v) is 5.46. The van der Waals surface area contributed by atoms with E-state index >= 15 is 0 Å². The van der Waals surface area contributed by atoms with Crippen molar-refractivity contribution >= 4 is 0 Å². The summed E-state index contributed by atoms with van der Waals surface area (Å²) in [6.07, 6.45) is 2.80. The lowest BCUT2D eigenvalue weighted by Gasteiger charge is -2.36. The van der Waals surface area contributed by atoms with Crippen LogP contribution in [0.25, 0.3) is 0 Å². The fourth-order valence-corrected chi connectivity index (χ4v) is 1.98. The van der Waals surface area contributed by atoms with Crippen molar-refractivity contribution in [2.75, 3.05) is 33.4 Å². The van der Waals surface area contributed by atoms with Gasteiger partial charge in [0.2, 0.25) is 0 Å². The van der Waals surface area contributed by atoms with Gasteiger partial charge in [-0.3, -0.25) is 0 Å². The zero-order valence-electron chi connectivity index (χ0n) is 8.79. The molecule has 0 radical (unpaired) electrons. The van der Waals surface area contributed by atoms with Gasteiger partial charge in [0.05, 0.1) is 19.3 Å². The average molecular weight is 200 g/mol. The summed E-state index contributed by atoms with van der Waals surface area (Å²) in [6.45, 7) is 3.69. The molecule has 2 N–H and O–H groups in total. The minimum absolute atomic E-state index is 0.489. The SMILES string of the molecule is COC1CC(NCC2COCCN2)C1. The quantitative estimate of drug-likeness (QED) is 0.656. The highest BCUT2D eigenvalue weighted by atomic mass is 16.5. The summed E-state index contributed by atoms with van der Waals surface area (Å²) < 4.78 is 10.6. The molecule has 1 saturated carbocycles. The predicted octanol–water partition coefficient (Wildman–Crippen LogP) is -0.258. The van der Waals surface area contributed by atoms with Crippen LogP contribution in [0.2, 0.25) is 0 Å². The summed E-state index contributed by atoms with van der Waals surface area (Å²) in [4.78, 5) is 0. The molecule has 82 valence electrons. The van der Waals surface area contributed by atoms with Gasteiger partial charge in [0.15, 0.2) is 0 Å². The molecule has 1 saturated heterocycles. The maximum atomic E-state index is 5.38. The Morgan fingerprint density at radius 1 is 1.50 bits per heavy atom. The minimum Gasteiger partial charge on any atom is -0.381 e. The van der Waals surface area contributed by atoms with E-state index in [0.717, 1.165) is 39.1 Å². The van der Waals surface area contributed by atoms with Gasteiger partial charge in [-0.05, 0) is 12.8 Å². The van der Waals surface area contributed by atoms with Crippen LogP contribution in [0.5, 0.6) is 0 Å². The van der Waals surface area contributed by atoms with Crippen LogP contribution in [0, 0.1) is 0 Å². The predicted molar refractivity (Wildman–Crippen MR) is 54.4 cm³/mol. The summed E-state index contributed by atoms with van der Waals surface area (Å²) >= 11 is 0. The molecule has 0 amide bonds. The molecule has 2 aliphatic rings. The molecule has 14 heavy (non-hydrogen) atoms. The molecule has 0 bridgehead atoms. The highest BCUT2D eigenvalue weighted by molar-refractivity contribution is 4.87. The Balaban J connectivity index is 1.54. The molecule has 1 heterocycles. The third-order valence-electron chi connectivity index (χ3n) is 3.08. The van der Waals surface area contributed by atoms with E-state index in [0.29, 0.717) is 18.2 Å². The molecule has 0 spiro atoms. The van der Waals surface area contributed by atoms with Crippen LogP contribution >= 0.6 is 0 Å². The van der Waals surface area contributed by atoms with E-state index in [-0.39, 0.29) is 0 Å². The molecular weight excluding hydrogens is 180 g/mol. The minimum atomic E-state index is 0.489. The third kappa shape index (κ3) is 2.67. The Bertz CT molecular complexity index is 166. The zero-order chi connectivity index (χ0) is 9.80. The Kier molecular flexibility index (Phi) is 3.75. The van der Waals surface area contributed by atoms with Crippen LogP contribution in [0.1, 0.15) is 12.8 Å². The normalized spacial score (nSPS) is 37.9. The fourth-order valence-electron chi connectivity index (χ4n) is 1.98. The monoisotopic (exact) mass is 200 g/mol. The molecule has 0 aromatic carbocycles. The van der Waals surface area contributed by atoms with E-state index in [9.17, 15) is 0 Å². The highest BCUT2D eigenvalue weighted by Gasteiger charge is 2.29. The van der Waals surface area contributed by atoms with Gasteiger partial charge < -0.3 is 20.1 Å². The van der Waals surface area contributed by atoms with Crippen LogP contribution < -0.4 is 10.6 Å². The molecule has 1 aliphatic heterocycles. The van der Waals surface area contributed by atoms with Crippen LogP contribution in [0.15, 0.2) is 0 Å². The molecule has 4 heteroatoms. The van der Waals surface area contributed by atoms with E-state index in [2.05, 4.69) is 10.6 Å². The van der Waals surface area contributed by atoms with Gasteiger partial charge in [0, 0.05) is 32.3 Å². The van der Waals surface area contributed by atoms with Crippen LogP contribution in [-0.2, 0) is 9.47 Å². The van der Waals surface area contributed by atoms with Crippen LogP contribution in [0.3, 0.4) is 0 Å². The molecular formula is C10H20N2O2. The number of hydrogen-bond donors (Lipinski definition) is 2. The van der Waals surface area contributed by atoms with Crippen molar-refractivity contribution in [3.05, 3.63) is 0 Å². The molecule has 2 fully saturated rings. The zero-order valence-corrected chi connectivity index (χ0v) is 8.79. The van der Waals surface area contributed by atoms with E-state index in [4.69, 9.17) is 9.47 Å². The van der Waals surface area contributed by atoms with E-state index in [1.807, 2.05) is 0 Å². The van der Waals surface area contributed by atoms with Crippen molar-refractivity contribution < 1.29 is 9.47 Å². The number of hydrogen-bond acceptors (Lipinski definition) is 4. The first-order valence-electron chi connectivity index (χ1n) is 5.46. The topological polar surface area (TPSA) is 42.5 Å². The first kappa shape index (κ1) is 10.4. The molecule has 0 aromatic heterocycles. The fraction of sp³-hybridized carbons (Fsp3) is 1.00. The smallest absolute Gasteiger partial charge is 0.0632 e. The lowest BCUT2D eigenvalue weighted by molar-refractivity contribution is 0.0139. The summed E-state index contributed by atoms with van der Waals surface area (Å²) in [7, 11) is 1.79. The van der Waals surface area contributed by atoms with Gasteiger partial charge in [-0.15, -0.1) is 0 Å². The number of rotatable bonds is 4. The summed E-state index contributed by atoms with van der Waals surface area (Å²) in [6, 6.07) is 1.15. The van der Waals surface area contributed by atoms with Crippen molar-refractivity contribution in [3.8, 4) is 0 Å². The molecule has 1 atom stereocenters. The Morgan fingerprint density at radius 3 is 3.00 bits per heavy atom. The Hall–Kier alpha value is -0.160. The van der Waals surface area contributed by atoms with Gasteiger partial charge in [0.25, 0.3) is 0 Å². The maximum absolute atomic E-state index is 5.38. The Morgan fingerprint density at radius 2 is 2.36 bits per heavy atom. The second-order valence-corrected chi connectivity index (χ2v) is 4.16. The van der Waals surface area contributed by atoms with Crippen LogP contribution in [0.4, 0.5) is 0 Å². The number of morpholine rings is 1. The van der Waals surface area contributed by atoms with Crippen molar-refractivity contribution in [2.24, 2.45) is 0 Å². The summed E-state index contributed by atoms with van der Waals surface area (Å²) in [5.41, 5.74) is 0. The largest absolute Gasteiger partial charge is 0.381 e. The van der Waals surface area contributed by atoms with Crippen LogP contribution in [-0.4, -0.2) is 51.6 Å². The van der Waals surface area contributed by atoms with Gasteiger partial charge in [-0.2, -0.15) is 0 Å². The third-order valence-corrected chi connectivity index (χ3v) is 3.08. The number of methoxy groups -OCH3 is 1. The average Bonchev–Trinajstić information content (AvgIpc) is 2.17. The van der Waals surface area contributed by atoms with Crippen molar-refractivity contribution in [1.82, 2.24) is 10.6 Å². The van der Waals surface area contributed by atoms with E-state index in [1.54, 1.807) is 7.11 Å². The standard InChI is InChI=1S/C10H20N2O2/c1-13-10-4-8(5-10)12-6-9-7-14-3-2-11-9/h8-12H,2-7H2,1H3. The molecule has 1 unspecified atom stereocenters. The van der Waals surface area contributed by atoms with Gasteiger partial charge in [-0.1, -0.05) is 0 Å². The molecule has 2 rings (SSSR count). The maximum Gasteiger partial charge on any atom is 0.0632 e. The molecule has 0 aromatic rings. The second-order valence-electron chi connectivity index (χ2n) is 4.16. The van der Waals surface area contributed by atoms with Gasteiger partial charge >= 0.3 is 0 Å². The van der Waals surface area contributed by atoms with Crippen molar-refractivity contribution in [3.63, 3.8) is 0 Å².